The molecule has 0 unspecified atom stereocenters. The first-order chi connectivity index (χ1) is 9.21. The van der Waals surface area contributed by atoms with E-state index in [1.54, 1.807) is 7.05 Å². The van der Waals surface area contributed by atoms with Gasteiger partial charge >= 0.3 is 0 Å². The fourth-order valence-corrected chi connectivity index (χ4v) is 3.38. The van der Waals surface area contributed by atoms with Gasteiger partial charge in [-0.2, -0.15) is 4.37 Å². The fourth-order valence-electron chi connectivity index (χ4n) is 1.31. The lowest BCUT2D eigenvalue weighted by atomic mass is 10.5. The van der Waals surface area contributed by atoms with Crippen molar-refractivity contribution in [3.63, 3.8) is 0 Å². The van der Waals surface area contributed by atoms with Gasteiger partial charge < -0.3 is 16.0 Å². The first-order valence-corrected chi connectivity index (χ1v) is 8.08. The van der Waals surface area contributed by atoms with E-state index in [0.29, 0.717) is 6.54 Å². The van der Waals surface area contributed by atoms with Crippen LogP contribution < -0.4 is 11.1 Å². The molecule has 10 heteroatoms. The van der Waals surface area contributed by atoms with Gasteiger partial charge in [0.15, 0.2) is 10.7 Å². The molecule has 3 N–H and O–H groups in total. The third-order valence-electron chi connectivity index (χ3n) is 2.71. The Labute approximate surface area is 122 Å². The highest BCUT2D eigenvalue weighted by Gasteiger charge is 2.27. The number of aromatic nitrogens is 1. The smallest absolute Gasteiger partial charge is 0.249 e. The minimum absolute atomic E-state index is 0.0120. The predicted octanol–water partition coefficient (Wildman–Crippen LogP) is -0.134. The molecule has 8 nitrogen and oxygen atoms in total. The molecule has 0 aromatic carbocycles. The van der Waals surface area contributed by atoms with Gasteiger partial charge in [-0.25, -0.2) is 12.7 Å². The van der Waals surface area contributed by atoms with Gasteiger partial charge in [0, 0.05) is 27.7 Å². The summed E-state index contributed by atoms with van der Waals surface area (Å²) < 4.78 is 29.2. The molecule has 0 atom stereocenters. The van der Waals surface area contributed by atoms with Crippen LogP contribution in [-0.2, 0) is 14.8 Å². The molecular weight excluding hydrogens is 302 g/mol. The van der Waals surface area contributed by atoms with Crippen molar-refractivity contribution in [1.82, 2.24) is 13.6 Å². The van der Waals surface area contributed by atoms with E-state index in [-0.39, 0.29) is 28.2 Å². The van der Waals surface area contributed by atoms with Crippen LogP contribution in [0.4, 0.5) is 10.8 Å². The maximum absolute atomic E-state index is 12.1. The van der Waals surface area contributed by atoms with E-state index >= 15 is 0 Å². The quantitative estimate of drug-likeness (QED) is 0.755. The third kappa shape index (κ3) is 3.38. The van der Waals surface area contributed by atoms with Crippen molar-refractivity contribution >= 4 is 38.3 Å². The van der Waals surface area contributed by atoms with Crippen LogP contribution >= 0.6 is 11.5 Å². The van der Waals surface area contributed by atoms with Gasteiger partial charge in [0.2, 0.25) is 15.9 Å². The number of nitrogens with two attached hydrogens (primary N) is 1. The molecule has 1 amide bonds. The van der Waals surface area contributed by atoms with Crippen molar-refractivity contribution in [2.45, 2.75) is 11.8 Å². The summed E-state index contributed by atoms with van der Waals surface area (Å²) in [6, 6.07) is 0. The van der Waals surface area contributed by atoms with E-state index < -0.39 is 10.0 Å². The number of nitrogen functional groups attached to an aromatic ring is 1. The zero-order valence-electron chi connectivity index (χ0n) is 11.9. The summed E-state index contributed by atoms with van der Waals surface area (Å²) in [5, 5.41) is 3.06. The van der Waals surface area contributed by atoms with Crippen LogP contribution in [0.3, 0.4) is 0 Å². The minimum Gasteiger partial charge on any atom is -0.382 e. The molecule has 0 aliphatic carbocycles. The van der Waals surface area contributed by atoms with Crippen molar-refractivity contribution < 1.29 is 13.2 Å². The summed E-state index contributed by atoms with van der Waals surface area (Å²) in [6.07, 6.45) is 0. The van der Waals surface area contributed by atoms with E-state index in [1.807, 2.05) is 6.92 Å². The second-order valence-electron chi connectivity index (χ2n) is 4.27. The normalized spacial score (nSPS) is 11.7. The van der Waals surface area contributed by atoms with Gasteiger partial charge in [-0.05, 0) is 18.5 Å². The maximum Gasteiger partial charge on any atom is 0.249 e. The summed E-state index contributed by atoms with van der Waals surface area (Å²) in [5.74, 6) is -0.213. The monoisotopic (exact) mass is 321 g/mol. The van der Waals surface area contributed by atoms with E-state index in [9.17, 15) is 13.2 Å². The third-order valence-corrected chi connectivity index (χ3v) is 5.55. The van der Waals surface area contributed by atoms with Crippen molar-refractivity contribution in [3.8, 4) is 0 Å². The molecule has 0 bridgehead atoms. The zero-order valence-corrected chi connectivity index (χ0v) is 13.5. The van der Waals surface area contributed by atoms with Gasteiger partial charge in [-0.3, -0.25) is 4.79 Å². The molecule has 0 spiro atoms. The number of carbonyl (C=O) groups is 1. The predicted molar refractivity (Wildman–Crippen MR) is 79.2 cm³/mol. The number of rotatable bonds is 6. The Kier molecular flexibility index (Phi) is 5.31. The average Bonchev–Trinajstić information content (AvgIpc) is 2.76. The number of amides is 1. The number of nitrogens with one attached hydrogen (secondary N) is 1. The molecule has 0 radical (unpaired) electrons. The lowest BCUT2D eigenvalue weighted by Gasteiger charge is -2.16. The molecule has 0 fully saturated rings. The minimum atomic E-state index is -3.70. The fraction of sp³-hybridized carbons (Fsp3) is 0.600. The van der Waals surface area contributed by atoms with Crippen molar-refractivity contribution in [2.75, 3.05) is 45.3 Å². The summed E-state index contributed by atoms with van der Waals surface area (Å²) in [5.41, 5.74) is 5.62. The molecule has 0 aliphatic rings. The van der Waals surface area contributed by atoms with Gasteiger partial charge in [-0.1, -0.05) is 0 Å². The molecule has 114 valence electrons. The largest absolute Gasteiger partial charge is 0.382 e. The van der Waals surface area contributed by atoms with E-state index in [4.69, 9.17) is 5.73 Å². The number of anilines is 2. The molecule has 1 aromatic heterocycles. The number of sulfonamides is 1. The highest BCUT2D eigenvalue weighted by atomic mass is 32.2. The summed E-state index contributed by atoms with van der Waals surface area (Å²) in [6.45, 7) is 2.42. The maximum atomic E-state index is 12.1. The van der Waals surface area contributed by atoms with Crippen LogP contribution in [0, 0.1) is 0 Å². The molecule has 0 aliphatic heterocycles. The Bertz CT molecular complexity index is 582. The topological polar surface area (TPSA) is 109 Å². The molecule has 1 rings (SSSR count). The van der Waals surface area contributed by atoms with Crippen LogP contribution in [0.2, 0.25) is 0 Å². The Morgan fingerprint density at radius 3 is 2.50 bits per heavy atom. The highest BCUT2D eigenvalue weighted by molar-refractivity contribution is 7.89. The average molecular weight is 321 g/mol. The van der Waals surface area contributed by atoms with Gasteiger partial charge in [0.05, 0.1) is 6.54 Å². The molecule has 0 saturated heterocycles. The van der Waals surface area contributed by atoms with E-state index in [0.717, 1.165) is 15.8 Å². The Morgan fingerprint density at radius 1 is 1.40 bits per heavy atom. The SMILES string of the molecule is CCN(C)C(=O)CNc1snc(N)c1S(=O)(=O)N(C)C. The Balaban J connectivity index is 2.97. The van der Waals surface area contributed by atoms with Crippen LogP contribution in [0.5, 0.6) is 0 Å². The Hall–Kier alpha value is -1.39. The molecule has 1 aromatic rings. The molecule has 0 saturated carbocycles. The second kappa shape index (κ2) is 6.37. The molecule has 1 heterocycles. The number of carbonyl (C=O) groups excluding carboxylic acids is 1. The van der Waals surface area contributed by atoms with E-state index in [2.05, 4.69) is 9.69 Å². The van der Waals surface area contributed by atoms with Gasteiger partial charge in [-0.15, -0.1) is 0 Å². The van der Waals surface area contributed by atoms with Crippen LogP contribution in [0.25, 0.3) is 0 Å². The standard InChI is InChI=1S/C10H19N5O3S2/c1-5-15(4)7(16)6-12-10-8(9(11)13-19-10)20(17,18)14(2)3/h12H,5-6H2,1-4H3,(H2,11,13). The van der Waals surface area contributed by atoms with Crippen LogP contribution in [0.15, 0.2) is 4.90 Å². The first kappa shape index (κ1) is 16.7. The van der Waals surface area contributed by atoms with Crippen LogP contribution in [-0.4, -0.2) is 62.1 Å². The molecule has 20 heavy (non-hydrogen) atoms. The van der Waals surface area contributed by atoms with Crippen LogP contribution in [0.1, 0.15) is 6.92 Å². The van der Waals surface area contributed by atoms with Gasteiger partial charge in [0.25, 0.3) is 0 Å². The number of hydrogen-bond acceptors (Lipinski definition) is 7. The van der Waals surface area contributed by atoms with Crippen molar-refractivity contribution in [2.24, 2.45) is 0 Å². The van der Waals surface area contributed by atoms with Crippen molar-refractivity contribution in [3.05, 3.63) is 0 Å². The number of hydrogen-bond donors (Lipinski definition) is 2. The summed E-state index contributed by atoms with van der Waals surface area (Å²) >= 11 is 0.919. The second-order valence-corrected chi connectivity index (χ2v) is 7.14. The van der Waals surface area contributed by atoms with E-state index in [1.165, 1.54) is 19.0 Å². The summed E-state index contributed by atoms with van der Waals surface area (Å²) in [7, 11) is 0.787. The number of nitrogens with zero attached hydrogens (tertiary/aromatic N) is 3. The van der Waals surface area contributed by atoms with Crippen molar-refractivity contribution in [1.29, 1.82) is 0 Å². The van der Waals surface area contributed by atoms with Gasteiger partial charge in [0.1, 0.15) is 5.00 Å². The highest BCUT2D eigenvalue weighted by Crippen LogP contribution is 2.32. The lowest BCUT2D eigenvalue weighted by molar-refractivity contribution is -0.127. The number of likely N-dealkylation sites (N-methyl/N-ethyl adjacent to an activating group) is 1. The summed E-state index contributed by atoms with van der Waals surface area (Å²) in [4.78, 5) is 13.1. The first-order valence-electron chi connectivity index (χ1n) is 5.87. The zero-order chi connectivity index (χ0) is 15.5. The lowest BCUT2D eigenvalue weighted by Crippen LogP contribution is -2.32. The Morgan fingerprint density at radius 2 is 2.00 bits per heavy atom. The molecular formula is C10H19N5O3S2.